The quantitative estimate of drug-likeness (QED) is 0.491. The van der Waals surface area contributed by atoms with Crippen LogP contribution in [0, 0.1) is 11.3 Å². The lowest BCUT2D eigenvalue weighted by molar-refractivity contribution is 0.354. The van der Waals surface area contributed by atoms with Gasteiger partial charge in [-0.1, -0.05) is 0 Å². The van der Waals surface area contributed by atoms with Crippen molar-refractivity contribution in [3.63, 3.8) is 0 Å². The Labute approximate surface area is 74.9 Å². The number of nitrogens with zero attached hydrogens (tertiary/aromatic N) is 2. The molecule has 12 heavy (non-hydrogen) atoms. The maximum absolute atomic E-state index is 7.43. The second-order valence-electron chi connectivity index (χ2n) is 3.88. The highest BCUT2D eigenvalue weighted by molar-refractivity contribution is 5.75. The second kappa shape index (κ2) is 3.90. The molecule has 1 atom stereocenters. The largest absolute Gasteiger partial charge is 0.364 e. The topological polar surface area (TPSA) is 30.3 Å². The van der Waals surface area contributed by atoms with Crippen LogP contribution in [0.15, 0.2) is 0 Å². The van der Waals surface area contributed by atoms with Gasteiger partial charge >= 0.3 is 0 Å². The molecule has 0 saturated carbocycles. The summed E-state index contributed by atoms with van der Waals surface area (Å²) in [7, 11) is 4.16. The molecular weight excluding hydrogens is 150 g/mol. The van der Waals surface area contributed by atoms with Gasteiger partial charge in [-0.2, -0.15) is 0 Å². The number of amidine groups is 1. The van der Waals surface area contributed by atoms with Gasteiger partial charge in [-0.25, -0.2) is 0 Å². The van der Waals surface area contributed by atoms with E-state index in [2.05, 4.69) is 11.9 Å². The Balaban J connectivity index is 2.27. The predicted octanol–water partition coefficient (Wildman–Crippen LogP) is 0.867. The smallest absolute Gasteiger partial charge is 0.0923 e. The first-order valence-corrected chi connectivity index (χ1v) is 4.54. The standard InChI is InChI=1S/C9H19N3/c1-8(10)12(3)7-9-4-5-11(2)6-9/h9-10H,4-7H2,1-3H3. The molecule has 1 heterocycles. The zero-order valence-electron chi connectivity index (χ0n) is 8.30. The first kappa shape index (κ1) is 9.52. The van der Waals surface area contributed by atoms with Crippen molar-refractivity contribution in [3.05, 3.63) is 0 Å². The van der Waals surface area contributed by atoms with E-state index >= 15 is 0 Å². The predicted molar refractivity (Wildman–Crippen MR) is 51.6 cm³/mol. The van der Waals surface area contributed by atoms with Gasteiger partial charge in [0.1, 0.15) is 0 Å². The molecule has 3 nitrogen and oxygen atoms in total. The maximum atomic E-state index is 7.43. The fourth-order valence-corrected chi connectivity index (χ4v) is 1.70. The van der Waals surface area contributed by atoms with Crippen molar-refractivity contribution in [3.8, 4) is 0 Å². The van der Waals surface area contributed by atoms with Crippen molar-refractivity contribution >= 4 is 5.84 Å². The highest BCUT2D eigenvalue weighted by Crippen LogP contribution is 2.14. The Kier molecular flexibility index (Phi) is 3.09. The molecule has 0 spiro atoms. The molecule has 1 fully saturated rings. The van der Waals surface area contributed by atoms with Crippen LogP contribution < -0.4 is 0 Å². The normalized spacial score (nSPS) is 24.4. The van der Waals surface area contributed by atoms with Crippen molar-refractivity contribution in [1.29, 1.82) is 5.41 Å². The third-order valence-corrected chi connectivity index (χ3v) is 2.59. The Morgan fingerprint density at radius 1 is 1.67 bits per heavy atom. The molecule has 1 unspecified atom stereocenters. The third-order valence-electron chi connectivity index (χ3n) is 2.59. The Morgan fingerprint density at radius 2 is 2.33 bits per heavy atom. The van der Waals surface area contributed by atoms with Crippen LogP contribution in [0.2, 0.25) is 0 Å². The van der Waals surface area contributed by atoms with E-state index < -0.39 is 0 Å². The molecule has 1 rings (SSSR count). The van der Waals surface area contributed by atoms with Crippen LogP contribution in [-0.2, 0) is 0 Å². The van der Waals surface area contributed by atoms with E-state index in [4.69, 9.17) is 5.41 Å². The third kappa shape index (κ3) is 2.48. The van der Waals surface area contributed by atoms with Gasteiger partial charge in [-0.05, 0) is 32.9 Å². The van der Waals surface area contributed by atoms with Crippen LogP contribution in [0.25, 0.3) is 0 Å². The second-order valence-corrected chi connectivity index (χ2v) is 3.88. The summed E-state index contributed by atoms with van der Waals surface area (Å²) in [5.74, 6) is 1.44. The average Bonchev–Trinajstić information content (AvgIpc) is 2.35. The molecule has 1 aliphatic heterocycles. The zero-order valence-corrected chi connectivity index (χ0v) is 8.30. The van der Waals surface area contributed by atoms with Gasteiger partial charge in [-0.3, -0.25) is 5.41 Å². The minimum Gasteiger partial charge on any atom is -0.364 e. The van der Waals surface area contributed by atoms with Crippen LogP contribution in [0.3, 0.4) is 0 Å². The maximum Gasteiger partial charge on any atom is 0.0923 e. The van der Waals surface area contributed by atoms with E-state index in [-0.39, 0.29) is 0 Å². The lowest BCUT2D eigenvalue weighted by Gasteiger charge is -2.21. The van der Waals surface area contributed by atoms with Gasteiger partial charge in [0.05, 0.1) is 5.84 Å². The van der Waals surface area contributed by atoms with Crippen LogP contribution >= 0.6 is 0 Å². The van der Waals surface area contributed by atoms with Gasteiger partial charge in [0.25, 0.3) is 0 Å². The molecule has 0 radical (unpaired) electrons. The molecule has 1 N–H and O–H groups in total. The van der Waals surface area contributed by atoms with Crippen molar-refractivity contribution < 1.29 is 0 Å². The van der Waals surface area contributed by atoms with Crippen LogP contribution in [-0.4, -0.2) is 49.4 Å². The van der Waals surface area contributed by atoms with Crippen molar-refractivity contribution in [2.24, 2.45) is 5.92 Å². The van der Waals surface area contributed by atoms with Crippen molar-refractivity contribution in [2.75, 3.05) is 33.7 Å². The lowest BCUT2D eigenvalue weighted by Crippen LogP contribution is -2.30. The molecule has 0 aromatic carbocycles. The highest BCUT2D eigenvalue weighted by atomic mass is 15.2. The first-order chi connectivity index (χ1) is 5.59. The molecule has 0 aromatic heterocycles. The van der Waals surface area contributed by atoms with E-state index in [1.807, 2.05) is 18.9 Å². The van der Waals surface area contributed by atoms with E-state index in [1.54, 1.807) is 0 Å². The fraction of sp³-hybridized carbons (Fsp3) is 0.889. The van der Waals surface area contributed by atoms with E-state index in [0.29, 0.717) is 5.84 Å². The summed E-state index contributed by atoms with van der Waals surface area (Å²) in [6, 6.07) is 0. The molecule has 1 saturated heterocycles. The van der Waals surface area contributed by atoms with Gasteiger partial charge in [0, 0.05) is 20.1 Å². The lowest BCUT2D eigenvalue weighted by atomic mass is 10.1. The summed E-state index contributed by atoms with van der Waals surface area (Å²) in [6.07, 6.45) is 1.29. The summed E-state index contributed by atoms with van der Waals surface area (Å²) in [6.45, 7) is 5.30. The monoisotopic (exact) mass is 169 g/mol. The summed E-state index contributed by atoms with van der Waals surface area (Å²) in [5.41, 5.74) is 0. The summed E-state index contributed by atoms with van der Waals surface area (Å²) in [5, 5.41) is 7.43. The number of likely N-dealkylation sites (tertiary alicyclic amines) is 1. The molecule has 0 amide bonds. The number of rotatable bonds is 2. The number of nitrogens with one attached hydrogen (secondary N) is 1. The molecular formula is C9H19N3. The summed E-state index contributed by atoms with van der Waals surface area (Å²) < 4.78 is 0. The summed E-state index contributed by atoms with van der Waals surface area (Å²) in [4.78, 5) is 4.39. The minimum absolute atomic E-state index is 0.671. The molecule has 70 valence electrons. The zero-order chi connectivity index (χ0) is 9.14. The Morgan fingerprint density at radius 3 is 2.75 bits per heavy atom. The molecule has 0 bridgehead atoms. The Bertz CT molecular complexity index is 167. The number of hydrogen-bond acceptors (Lipinski definition) is 2. The van der Waals surface area contributed by atoms with Crippen LogP contribution in [0.5, 0.6) is 0 Å². The van der Waals surface area contributed by atoms with Crippen LogP contribution in [0.1, 0.15) is 13.3 Å². The molecule has 0 aliphatic carbocycles. The molecule has 3 heteroatoms. The average molecular weight is 169 g/mol. The van der Waals surface area contributed by atoms with Crippen molar-refractivity contribution in [1.82, 2.24) is 9.80 Å². The number of hydrogen-bond donors (Lipinski definition) is 1. The summed E-state index contributed by atoms with van der Waals surface area (Å²) >= 11 is 0. The van der Waals surface area contributed by atoms with E-state index in [1.165, 1.54) is 19.5 Å². The van der Waals surface area contributed by atoms with Crippen LogP contribution in [0.4, 0.5) is 0 Å². The van der Waals surface area contributed by atoms with Gasteiger partial charge in [-0.15, -0.1) is 0 Å². The van der Waals surface area contributed by atoms with Gasteiger partial charge in [0.15, 0.2) is 0 Å². The minimum atomic E-state index is 0.671. The highest BCUT2D eigenvalue weighted by Gasteiger charge is 2.20. The first-order valence-electron chi connectivity index (χ1n) is 4.54. The molecule has 0 aromatic rings. The van der Waals surface area contributed by atoms with Gasteiger partial charge < -0.3 is 9.80 Å². The van der Waals surface area contributed by atoms with E-state index in [0.717, 1.165) is 12.5 Å². The Hall–Kier alpha value is -0.570. The van der Waals surface area contributed by atoms with Crippen molar-refractivity contribution in [2.45, 2.75) is 13.3 Å². The van der Waals surface area contributed by atoms with E-state index in [9.17, 15) is 0 Å². The fourth-order valence-electron chi connectivity index (χ4n) is 1.70. The SMILES string of the molecule is CC(=N)N(C)CC1CCN(C)C1. The molecule has 1 aliphatic rings. The van der Waals surface area contributed by atoms with Gasteiger partial charge in [0.2, 0.25) is 0 Å².